The van der Waals surface area contributed by atoms with E-state index in [-0.39, 0.29) is 10.9 Å². The zero-order valence-electron chi connectivity index (χ0n) is 14.0. The molecule has 0 aliphatic rings. The molecule has 6 nitrogen and oxygen atoms in total. The molecule has 24 heavy (non-hydrogen) atoms. The van der Waals surface area contributed by atoms with Crippen molar-refractivity contribution in [3.63, 3.8) is 0 Å². The summed E-state index contributed by atoms with van der Waals surface area (Å²) < 4.78 is 0. The number of hydrogen-bond donors (Lipinski definition) is 1. The molecule has 0 radical (unpaired) electrons. The van der Waals surface area contributed by atoms with E-state index in [1.165, 1.54) is 11.4 Å². The van der Waals surface area contributed by atoms with Crippen LogP contribution in [-0.4, -0.2) is 28.8 Å². The first-order valence-electron chi connectivity index (χ1n) is 7.66. The summed E-state index contributed by atoms with van der Waals surface area (Å²) in [5, 5.41) is 15.0. The Balaban J connectivity index is 2.03. The van der Waals surface area contributed by atoms with E-state index < -0.39 is 4.92 Å². The predicted molar refractivity (Wildman–Crippen MR) is 95.2 cm³/mol. The van der Waals surface area contributed by atoms with Crippen LogP contribution in [0.4, 0.5) is 5.00 Å². The third kappa shape index (κ3) is 4.62. The minimum atomic E-state index is -0.488. The van der Waals surface area contributed by atoms with Gasteiger partial charge in [-0.2, -0.15) is 0 Å². The van der Waals surface area contributed by atoms with Crippen molar-refractivity contribution in [3.05, 3.63) is 62.5 Å². The van der Waals surface area contributed by atoms with Crippen molar-refractivity contribution in [1.29, 1.82) is 0 Å². The maximum Gasteiger partial charge on any atom is 0.324 e. The summed E-state index contributed by atoms with van der Waals surface area (Å²) in [7, 11) is 2.06. The van der Waals surface area contributed by atoms with Crippen LogP contribution in [0, 0.1) is 10.1 Å². The highest BCUT2D eigenvalue weighted by Crippen LogP contribution is 2.22. The molecule has 1 heterocycles. The number of carbonyl (C=O) groups is 1. The Kier molecular flexibility index (Phi) is 6.05. The van der Waals surface area contributed by atoms with Gasteiger partial charge in [-0.15, -0.1) is 0 Å². The normalized spacial score (nSPS) is 11.0. The molecule has 0 saturated heterocycles. The molecule has 1 aromatic carbocycles. The average Bonchev–Trinajstić information content (AvgIpc) is 3.04. The molecule has 0 spiro atoms. The summed E-state index contributed by atoms with van der Waals surface area (Å²) in [6.45, 7) is 5.46. The van der Waals surface area contributed by atoms with Crippen molar-refractivity contribution in [2.75, 3.05) is 7.05 Å². The van der Waals surface area contributed by atoms with Gasteiger partial charge in [-0.05, 0) is 32.0 Å². The van der Waals surface area contributed by atoms with Crippen molar-refractivity contribution in [2.45, 2.75) is 33.0 Å². The molecular formula is C17H21N3O3S. The number of carbonyl (C=O) groups excluding carboxylic acids is 1. The molecule has 128 valence electrons. The Morgan fingerprint density at radius 1 is 1.33 bits per heavy atom. The Morgan fingerprint density at radius 2 is 2.00 bits per heavy atom. The minimum Gasteiger partial charge on any atom is -0.348 e. The fraction of sp³-hybridized carbons (Fsp3) is 0.353. The molecule has 0 bridgehead atoms. The zero-order chi connectivity index (χ0) is 17.7. The van der Waals surface area contributed by atoms with Gasteiger partial charge in [0.25, 0.3) is 5.91 Å². The zero-order valence-corrected chi connectivity index (χ0v) is 14.8. The first-order chi connectivity index (χ1) is 11.4. The second-order valence-electron chi connectivity index (χ2n) is 5.89. The first-order valence-corrected chi connectivity index (χ1v) is 8.54. The van der Waals surface area contributed by atoms with Crippen molar-refractivity contribution in [3.8, 4) is 0 Å². The van der Waals surface area contributed by atoms with Crippen LogP contribution in [0.2, 0.25) is 0 Å². The molecule has 0 unspecified atom stereocenters. The van der Waals surface area contributed by atoms with Crippen LogP contribution in [0.1, 0.15) is 35.3 Å². The van der Waals surface area contributed by atoms with Gasteiger partial charge >= 0.3 is 5.00 Å². The van der Waals surface area contributed by atoms with Gasteiger partial charge in [0, 0.05) is 30.6 Å². The molecule has 1 amide bonds. The molecule has 2 aromatic rings. The second-order valence-corrected chi connectivity index (χ2v) is 6.78. The van der Waals surface area contributed by atoms with Crippen LogP contribution in [0.15, 0.2) is 35.7 Å². The summed E-state index contributed by atoms with van der Waals surface area (Å²) in [5.41, 5.74) is 2.52. The molecular weight excluding hydrogens is 326 g/mol. The molecule has 0 aliphatic heterocycles. The lowest BCUT2D eigenvalue weighted by molar-refractivity contribution is -0.380. The van der Waals surface area contributed by atoms with Crippen LogP contribution in [0.5, 0.6) is 0 Å². The van der Waals surface area contributed by atoms with E-state index in [4.69, 9.17) is 0 Å². The van der Waals surface area contributed by atoms with Crippen LogP contribution < -0.4 is 5.32 Å². The largest absolute Gasteiger partial charge is 0.348 e. The van der Waals surface area contributed by atoms with E-state index in [0.717, 1.165) is 29.0 Å². The summed E-state index contributed by atoms with van der Waals surface area (Å²) in [4.78, 5) is 24.6. The van der Waals surface area contributed by atoms with Gasteiger partial charge in [0.05, 0.1) is 10.5 Å². The van der Waals surface area contributed by atoms with Crippen molar-refractivity contribution >= 4 is 22.2 Å². The smallest absolute Gasteiger partial charge is 0.324 e. The third-order valence-electron chi connectivity index (χ3n) is 3.89. The van der Waals surface area contributed by atoms with Crippen molar-refractivity contribution < 1.29 is 9.72 Å². The van der Waals surface area contributed by atoms with Gasteiger partial charge in [0.2, 0.25) is 0 Å². The van der Waals surface area contributed by atoms with E-state index in [1.54, 1.807) is 0 Å². The van der Waals surface area contributed by atoms with Crippen molar-refractivity contribution in [1.82, 2.24) is 10.2 Å². The summed E-state index contributed by atoms with van der Waals surface area (Å²) in [5.74, 6) is -0.300. The standard InChI is InChI=1S/C17H21N3O3S/c1-12(2)19(3)10-14-7-5-4-6-13(14)9-18-17(21)15-8-16(20(22)23)24-11-15/h4-8,11-12H,9-10H2,1-3H3,(H,18,21). The van der Waals surface area contributed by atoms with Crippen LogP contribution in [-0.2, 0) is 13.1 Å². The minimum absolute atomic E-state index is 0.0286. The van der Waals surface area contributed by atoms with Gasteiger partial charge in [-0.3, -0.25) is 19.8 Å². The maximum atomic E-state index is 12.2. The van der Waals surface area contributed by atoms with E-state index in [0.29, 0.717) is 18.2 Å². The number of amides is 1. The number of nitrogens with one attached hydrogen (secondary N) is 1. The molecule has 1 aromatic heterocycles. The molecule has 0 aliphatic carbocycles. The average molecular weight is 347 g/mol. The van der Waals surface area contributed by atoms with E-state index in [9.17, 15) is 14.9 Å². The third-order valence-corrected chi connectivity index (χ3v) is 4.77. The first kappa shape index (κ1) is 18.1. The monoisotopic (exact) mass is 347 g/mol. The highest BCUT2D eigenvalue weighted by Gasteiger charge is 2.15. The number of nitrogens with zero attached hydrogens (tertiary/aromatic N) is 2. The van der Waals surface area contributed by atoms with Gasteiger partial charge in [-0.25, -0.2) is 0 Å². The number of benzene rings is 1. The van der Waals surface area contributed by atoms with Crippen LogP contribution in [0.25, 0.3) is 0 Å². The summed E-state index contributed by atoms with van der Waals surface area (Å²) in [6, 6.07) is 9.69. The number of thiophene rings is 1. The quantitative estimate of drug-likeness (QED) is 0.615. The van der Waals surface area contributed by atoms with Gasteiger partial charge in [0.15, 0.2) is 0 Å². The number of hydrogen-bond acceptors (Lipinski definition) is 5. The highest BCUT2D eigenvalue weighted by atomic mass is 32.1. The highest BCUT2D eigenvalue weighted by molar-refractivity contribution is 7.13. The Labute approximate surface area is 145 Å². The van der Waals surface area contributed by atoms with E-state index >= 15 is 0 Å². The Morgan fingerprint density at radius 3 is 2.58 bits per heavy atom. The summed E-state index contributed by atoms with van der Waals surface area (Å²) in [6.07, 6.45) is 0. The number of nitro groups is 1. The van der Waals surface area contributed by atoms with E-state index in [2.05, 4.69) is 37.2 Å². The van der Waals surface area contributed by atoms with Gasteiger partial charge in [0.1, 0.15) is 0 Å². The Hall–Kier alpha value is -2.25. The lowest BCUT2D eigenvalue weighted by Crippen LogP contribution is -2.27. The molecule has 2 rings (SSSR count). The Bertz CT molecular complexity index is 727. The number of rotatable bonds is 7. The van der Waals surface area contributed by atoms with Crippen LogP contribution in [0.3, 0.4) is 0 Å². The lowest BCUT2D eigenvalue weighted by Gasteiger charge is -2.22. The maximum absolute atomic E-state index is 12.2. The van der Waals surface area contributed by atoms with Gasteiger partial charge in [-0.1, -0.05) is 35.6 Å². The second kappa shape index (κ2) is 8.03. The fourth-order valence-electron chi connectivity index (χ4n) is 2.15. The fourth-order valence-corrected chi connectivity index (χ4v) is 2.86. The topological polar surface area (TPSA) is 75.5 Å². The van der Waals surface area contributed by atoms with Crippen molar-refractivity contribution in [2.24, 2.45) is 0 Å². The lowest BCUT2D eigenvalue weighted by atomic mass is 10.1. The predicted octanol–water partition coefficient (Wildman–Crippen LogP) is 3.43. The molecule has 0 saturated carbocycles. The van der Waals surface area contributed by atoms with Crippen LogP contribution >= 0.6 is 11.3 Å². The van der Waals surface area contributed by atoms with Gasteiger partial charge < -0.3 is 5.32 Å². The van der Waals surface area contributed by atoms with E-state index in [1.807, 2.05) is 18.2 Å². The molecule has 0 atom stereocenters. The summed E-state index contributed by atoms with van der Waals surface area (Å²) >= 11 is 0.956. The SMILES string of the molecule is CC(C)N(C)Cc1ccccc1CNC(=O)c1csc([N+](=O)[O-])c1. The molecule has 0 fully saturated rings. The molecule has 1 N–H and O–H groups in total. The molecule has 7 heteroatoms.